The highest BCUT2D eigenvalue weighted by Gasteiger charge is 2.40. The SMILES string of the molecule is CCCc1cc2c(N3CCn4c(nnc4C(F)(F)F)C3)nc(N3CCC(C(=O)NCCO)C3)nc2s1. The fourth-order valence-corrected chi connectivity index (χ4v) is 5.84. The summed E-state index contributed by atoms with van der Waals surface area (Å²) in [6.45, 7) is 3.85. The van der Waals surface area contributed by atoms with Crippen molar-refractivity contribution in [2.24, 2.45) is 5.92 Å². The second kappa shape index (κ2) is 9.81. The molecule has 0 radical (unpaired) electrons. The van der Waals surface area contributed by atoms with E-state index in [0.29, 0.717) is 37.8 Å². The standard InChI is InChI=1S/C22H27F3N8O2S/c1-2-3-14-10-15-17(31-7-8-33-16(12-31)29-30-20(33)22(23,24)25)27-21(28-19(15)36-14)32-6-4-13(11-32)18(35)26-5-9-34/h10,13,34H,2-9,11-12H2,1H3,(H,26,35). The van der Waals surface area contributed by atoms with Gasteiger partial charge < -0.3 is 24.8 Å². The van der Waals surface area contributed by atoms with Gasteiger partial charge in [0, 0.05) is 37.6 Å². The molecule has 1 unspecified atom stereocenters. The number of aliphatic hydroxyl groups excluding tert-OH is 1. The van der Waals surface area contributed by atoms with E-state index >= 15 is 0 Å². The van der Waals surface area contributed by atoms with E-state index in [1.807, 2.05) is 9.80 Å². The lowest BCUT2D eigenvalue weighted by atomic mass is 10.1. The van der Waals surface area contributed by atoms with E-state index in [1.54, 1.807) is 11.3 Å². The summed E-state index contributed by atoms with van der Waals surface area (Å²) in [5.41, 5.74) is 0. The van der Waals surface area contributed by atoms with Crippen LogP contribution in [0.2, 0.25) is 0 Å². The molecule has 10 nitrogen and oxygen atoms in total. The van der Waals surface area contributed by atoms with Crippen molar-refractivity contribution in [1.82, 2.24) is 30.0 Å². The molecule has 194 valence electrons. The average Bonchev–Trinajstić information content (AvgIpc) is 3.59. The molecule has 0 spiro atoms. The maximum absolute atomic E-state index is 13.3. The second-order valence-electron chi connectivity index (χ2n) is 8.99. The number of hydrogen-bond acceptors (Lipinski definition) is 9. The van der Waals surface area contributed by atoms with Crippen LogP contribution >= 0.6 is 11.3 Å². The van der Waals surface area contributed by atoms with Crippen molar-refractivity contribution in [2.45, 2.75) is 45.5 Å². The second-order valence-corrected chi connectivity index (χ2v) is 10.1. The predicted octanol–water partition coefficient (Wildman–Crippen LogP) is 2.21. The van der Waals surface area contributed by atoms with Gasteiger partial charge >= 0.3 is 6.18 Å². The molecule has 36 heavy (non-hydrogen) atoms. The van der Waals surface area contributed by atoms with Crippen molar-refractivity contribution < 1.29 is 23.1 Å². The van der Waals surface area contributed by atoms with E-state index in [-0.39, 0.29) is 43.9 Å². The lowest BCUT2D eigenvalue weighted by Gasteiger charge is -2.30. The normalized spacial score (nSPS) is 18.2. The van der Waals surface area contributed by atoms with Crippen LogP contribution in [-0.4, -0.2) is 68.5 Å². The third kappa shape index (κ3) is 4.71. The van der Waals surface area contributed by atoms with Gasteiger partial charge in [-0.2, -0.15) is 18.2 Å². The molecule has 0 aliphatic carbocycles. The van der Waals surface area contributed by atoms with Crippen LogP contribution in [0.15, 0.2) is 6.07 Å². The zero-order chi connectivity index (χ0) is 25.4. The Bertz CT molecular complexity index is 1260. The molecule has 0 saturated carbocycles. The Labute approximate surface area is 209 Å². The van der Waals surface area contributed by atoms with Crippen LogP contribution in [0.4, 0.5) is 24.9 Å². The van der Waals surface area contributed by atoms with E-state index in [0.717, 1.165) is 27.6 Å². The molecular weight excluding hydrogens is 497 g/mol. The van der Waals surface area contributed by atoms with Gasteiger partial charge in [-0.15, -0.1) is 21.5 Å². The number of aryl methyl sites for hydroxylation is 1. The number of hydrogen-bond donors (Lipinski definition) is 2. The highest BCUT2D eigenvalue weighted by atomic mass is 32.1. The van der Waals surface area contributed by atoms with E-state index in [4.69, 9.17) is 15.1 Å². The number of aromatic nitrogens is 5. The van der Waals surface area contributed by atoms with Crippen molar-refractivity contribution in [3.8, 4) is 0 Å². The predicted molar refractivity (Wildman–Crippen MR) is 128 cm³/mol. The van der Waals surface area contributed by atoms with Crippen LogP contribution in [0.3, 0.4) is 0 Å². The van der Waals surface area contributed by atoms with Gasteiger partial charge in [-0.3, -0.25) is 4.79 Å². The molecule has 1 amide bonds. The van der Waals surface area contributed by atoms with Gasteiger partial charge in [0.15, 0.2) is 5.82 Å². The molecule has 0 bridgehead atoms. The quantitative estimate of drug-likeness (QED) is 0.484. The molecule has 3 aromatic rings. The minimum absolute atomic E-state index is 0.0980. The van der Waals surface area contributed by atoms with Gasteiger partial charge in [-0.1, -0.05) is 13.3 Å². The lowest BCUT2D eigenvalue weighted by Crippen LogP contribution is -2.36. The molecule has 14 heteroatoms. The minimum Gasteiger partial charge on any atom is -0.395 e. The highest BCUT2D eigenvalue weighted by molar-refractivity contribution is 7.18. The first kappa shape index (κ1) is 24.7. The highest BCUT2D eigenvalue weighted by Crippen LogP contribution is 2.36. The monoisotopic (exact) mass is 524 g/mol. The summed E-state index contributed by atoms with van der Waals surface area (Å²) in [5, 5.41) is 19.7. The molecule has 5 heterocycles. The van der Waals surface area contributed by atoms with E-state index in [2.05, 4.69) is 28.5 Å². The van der Waals surface area contributed by atoms with Gasteiger partial charge in [0.2, 0.25) is 17.7 Å². The van der Waals surface area contributed by atoms with Crippen LogP contribution in [0.5, 0.6) is 0 Å². The number of nitrogens with one attached hydrogen (secondary N) is 1. The number of thiophene rings is 1. The largest absolute Gasteiger partial charge is 0.451 e. The number of carbonyl (C=O) groups excluding carboxylic acids is 1. The first-order valence-corrected chi connectivity index (χ1v) is 12.8. The average molecular weight is 525 g/mol. The van der Waals surface area contributed by atoms with Gasteiger partial charge in [-0.05, 0) is 18.9 Å². The van der Waals surface area contributed by atoms with Crippen molar-refractivity contribution in [3.63, 3.8) is 0 Å². The smallest absolute Gasteiger partial charge is 0.395 e. The molecule has 5 rings (SSSR count). The molecular formula is C22H27F3N8O2S. The van der Waals surface area contributed by atoms with Crippen molar-refractivity contribution in [2.75, 3.05) is 42.6 Å². The molecule has 1 saturated heterocycles. The number of fused-ring (bicyclic) bond motifs is 2. The van der Waals surface area contributed by atoms with Gasteiger partial charge in [0.1, 0.15) is 10.6 Å². The van der Waals surface area contributed by atoms with E-state index < -0.39 is 12.0 Å². The van der Waals surface area contributed by atoms with Crippen LogP contribution in [0, 0.1) is 5.92 Å². The Kier molecular flexibility index (Phi) is 6.72. The molecule has 3 aromatic heterocycles. The molecule has 2 N–H and O–H groups in total. The molecule has 2 aliphatic rings. The summed E-state index contributed by atoms with van der Waals surface area (Å²) in [6.07, 6.45) is -2.03. The van der Waals surface area contributed by atoms with E-state index in [1.165, 1.54) is 4.88 Å². The maximum Gasteiger partial charge on any atom is 0.451 e. The third-order valence-corrected chi connectivity index (χ3v) is 7.56. The summed E-state index contributed by atoms with van der Waals surface area (Å²) in [4.78, 5) is 27.9. The maximum atomic E-state index is 13.3. The van der Waals surface area contributed by atoms with Crippen LogP contribution in [0.25, 0.3) is 10.2 Å². The number of rotatable bonds is 7. The molecule has 1 fully saturated rings. The third-order valence-electron chi connectivity index (χ3n) is 6.47. The molecule has 2 aliphatic heterocycles. The first-order chi connectivity index (χ1) is 17.3. The minimum atomic E-state index is -4.55. The van der Waals surface area contributed by atoms with Crippen LogP contribution in [0.1, 0.15) is 36.3 Å². The topological polar surface area (TPSA) is 112 Å². The first-order valence-electron chi connectivity index (χ1n) is 12.0. The van der Waals surface area contributed by atoms with Gasteiger partial charge in [0.25, 0.3) is 0 Å². The summed E-state index contributed by atoms with van der Waals surface area (Å²) in [6, 6.07) is 2.07. The molecule has 0 aromatic carbocycles. The lowest BCUT2D eigenvalue weighted by molar-refractivity contribution is -0.147. The Morgan fingerprint density at radius 1 is 1.22 bits per heavy atom. The van der Waals surface area contributed by atoms with E-state index in [9.17, 15) is 18.0 Å². The zero-order valence-electron chi connectivity index (χ0n) is 19.8. The Morgan fingerprint density at radius 3 is 2.81 bits per heavy atom. The number of halogens is 3. The van der Waals surface area contributed by atoms with Crippen molar-refractivity contribution >= 4 is 39.2 Å². The fourth-order valence-electron chi connectivity index (χ4n) is 4.73. The summed E-state index contributed by atoms with van der Waals surface area (Å²) in [7, 11) is 0. The number of carbonyl (C=O) groups is 1. The number of anilines is 2. The van der Waals surface area contributed by atoms with Gasteiger partial charge in [-0.25, -0.2) is 4.98 Å². The van der Waals surface area contributed by atoms with Crippen molar-refractivity contribution in [3.05, 3.63) is 22.6 Å². The van der Waals surface area contributed by atoms with Crippen LogP contribution in [-0.2, 0) is 30.5 Å². The fraction of sp³-hybridized carbons (Fsp3) is 0.591. The molecule has 1 atom stereocenters. The number of amides is 1. The van der Waals surface area contributed by atoms with Gasteiger partial charge in [0.05, 0.1) is 24.5 Å². The number of nitrogens with zero attached hydrogens (tertiary/aromatic N) is 7. The Morgan fingerprint density at radius 2 is 2.06 bits per heavy atom. The van der Waals surface area contributed by atoms with Crippen molar-refractivity contribution in [1.29, 1.82) is 0 Å². The van der Waals surface area contributed by atoms with Crippen LogP contribution < -0.4 is 15.1 Å². The summed E-state index contributed by atoms with van der Waals surface area (Å²) >= 11 is 1.59. The number of alkyl halides is 3. The summed E-state index contributed by atoms with van der Waals surface area (Å²) in [5.74, 6) is 0.0897. The Hall–Kier alpha value is -3.00. The number of aliphatic hydroxyl groups is 1. The Balaban J connectivity index is 1.46. The summed E-state index contributed by atoms with van der Waals surface area (Å²) < 4.78 is 41.0. The zero-order valence-corrected chi connectivity index (χ0v) is 20.6.